The molecular weight excluding hydrogens is 186 g/mol. The number of benzene rings is 2. The highest BCUT2D eigenvalue weighted by molar-refractivity contribution is 5.71. The van der Waals surface area contributed by atoms with E-state index in [1.165, 1.54) is 28.7 Å². The van der Waals surface area contributed by atoms with E-state index < -0.39 is 0 Å². The maximum Gasteiger partial charge on any atom is -0.00194 e. The van der Waals surface area contributed by atoms with E-state index in [-0.39, 0.29) is 0 Å². The zero-order valence-electron chi connectivity index (χ0n) is 8.35. The van der Waals surface area contributed by atoms with E-state index in [2.05, 4.69) is 54.4 Å². The maximum atomic E-state index is 6.50. The van der Waals surface area contributed by atoms with Crippen molar-refractivity contribution in [3.63, 3.8) is 0 Å². The summed E-state index contributed by atoms with van der Waals surface area (Å²) in [4.78, 5) is 0. The minimum absolute atomic E-state index is 1.17. The SMILES string of the molecule is NO.c1ccc(-c2ccc3cc2C3)cc1. The monoisotopic (exact) mass is 199 g/mol. The molecule has 4 rings (SSSR count). The maximum absolute atomic E-state index is 6.50. The van der Waals surface area contributed by atoms with Crippen LogP contribution < -0.4 is 5.90 Å². The van der Waals surface area contributed by atoms with E-state index in [4.69, 9.17) is 5.21 Å². The van der Waals surface area contributed by atoms with Gasteiger partial charge in [0.05, 0.1) is 0 Å². The summed E-state index contributed by atoms with van der Waals surface area (Å²) in [5, 5.41) is 6.50. The normalized spacial score (nSPS) is 11.1. The number of fused-ring (bicyclic) bond motifs is 2. The Labute approximate surface area is 88.9 Å². The smallest absolute Gasteiger partial charge is 0.00194 e. The van der Waals surface area contributed by atoms with Crippen LogP contribution in [0.1, 0.15) is 11.1 Å². The van der Waals surface area contributed by atoms with E-state index in [1.807, 2.05) is 0 Å². The van der Waals surface area contributed by atoms with Crippen LogP contribution in [-0.4, -0.2) is 5.21 Å². The topological polar surface area (TPSA) is 46.2 Å². The van der Waals surface area contributed by atoms with Crippen LogP contribution in [0.3, 0.4) is 0 Å². The van der Waals surface area contributed by atoms with Crippen molar-refractivity contribution >= 4 is 0 Å². The quantitative estimate of drug-likeness (QED) is 0.592. The zero-order chi connectivity index (χ0) is 10.7. The molecule has 0 fully saturated rings. The van der Waals surface area contributed by atoms with Gasteiger partial charge in [-0.25, -0.2) is 5.90 Å². The lowest BCUT2D eigenvalue weighted by Crippen LogP contribution is -2.02. The molecule has 76 valence electrons. The van der Waals surface area contributed by atoms with Crippen LogP contribution in [0.25, 0.3) is 11.1 Å². The van der Waals surface area contributed by atoms with E-state index in [9.17, 15) is 0 Å². The summed E-state index contributed by atoms with van der Waals surface area (Å²) in [6.07, 6.45) is 1.17. The average Bonchev–Trinajstić information content (AvgIpc) is 2.32. The second-order valence-corrected chi connectivity index (χ2v) is 3.53. The third-order valence-corrected chi connectivity index (χ3v) is 2.65. The predicted octanol–water partition coefficient (Wildman–Crippen LogP) is 2.59. The second-order valence-electron chi connectivity index (χ2n) is 3.53. The lowest BCUT2D eigenvalue weighted by Gasteiger charge is -2.19. The third kappa shape index (κ3) is 1.77. The minimum atomic E-state index is 1.17. The summed E-state index contributed by atoms with van der Waals surface area (Å²) in [6, 6.07) is 17.3. The Kier molecular flexibility index (Phi) is 2.81. The van der Waals surface area contributed by atoms with Crippen LogP contribution >= 0.6 is 0 Å². The Hall–Kier alpha value is -1.64. The molecule has 2 bridgehead atoms. The molecule has 2 aliphatic carbocycles. The van der Waals surface area contributed by atoms with Crippen molar-refractivity contribution < 1.29 is 5.21 Å². The van der Waals surface area contributed by atoms with Crippen molar-refractivity contribution in [3.05, 3.63) is 59.7 Å². The number of nitrogens with two attached hydrogens (primary N) is 1. The van der Waals surface area contributed by atoms with Crippen molar-refractivity contribution in [2.24, 2.45) is 5.90 Å². The van der Waals surface area contributed by atoms with Gasteiger partial charge in [-0.1, -0.05) is 48.5 Å². The van der Waals surface area contributed by atoms with Gasteiger partial charge >= 0.3 is 0 Å². The first kappa shape index (κ1) is 9.90. The van der Waals surface area contributed by atoms with Crippen LogP contribution in [0.2, 0.25) is 0 Å². The van der Waals surface area contributed by atoms with Crippen LogP contribution in [-0.2, 0) is 6.42 Å². The fourth-order valence-corrected chi connectivity index (χ4v) is 1.89. The molecular formula is C13H13NO. The molecule has 2 aromatic carbocycles. The van der Waals surface area contributed by atoms with E-state index >= 15 is 0 Å². The first-order chi connectivity index (χ1) is 7.43. The number of rotatable bonds is 1. The predicted molar refractivity (Wildman–Crippen MR) is 60.7 cm³/mol. The van der Waals surface area contributed by atoms with Gasteiger partial charge in [0.25, 0.3) is 0 Å². The van der Waals surface area contributed by atoms with Crippen molar-refractivity contribution in [3.8, 4) is 11.1 Å². The molecule has 2 aliphatic rings. The molecule has 2 aromatic rings. The minimum Gasteiger partial charge on any atom is -0.320 e. The average molecular weight is 199 g/mol. The second kappa shape index (κ2) is 4.26. The summed E-state index contributed by atoms with van der Waals surface area (Å²) >= 11 is 0. The van der Waals surface area contributed by atoms with Gasteiger partial charge in [-0.15, -0.1) is 0 Å². The van der Waals surface area contributed by atoms with Gasteiger partial charge < -0.3 is 5.21 Å². The summed E-state index contributed by atoms with van der Waals surface area (Å²) in [6.45, 7) is 0. The molecule has 15 heavy (non-hydrogen) atoms. The molecule has 0 spiro atoms. The van der Waals surface area contributed by atoms with E-state index in [0.29, 0.717) is 0 Å². The van der Waals surface area contributed by atoms with Crippen LogP contribution in [0.5, 0.6) is 0 Å². The molecule has 3 N–H and O–H groups in total. The van der Waals surface area contributed by atoms with Crippen LogP contribution in [0, 0.1) is 0 Å². The summed E-state index contributed by atoms with van der Waals surface area (Å²) in [5.41, 5.74) is 5.69. The van der Waals surface area contributed by atoms with E-state index in [0.717, 1.165) is 0 Å². The summed E-state index contributed by atoms with van der Waals surface area (Å²) < 4.78 is 0. The first-order valence-electron chi connectivity index (χ1n) is 4.86. The summed E-state index contributed by atoms with van der Waals surface area (Å²) in [5.74, 6) is 3.50. The van der Waals surface area contributed by atoms with Gasteiger partial charge in [0, 0.05) is 0 Å². The fourth-order valence-electron chi connectivity index (χ4n) is 1.89. The van der Waals surface area contributed by atoms with Gasteiger partial charge in [0.1, 0.15) is 0 Å². The Morgan fingerprint density at radius 1 is 0.933 bits per heavy atom. The highest BCUT2D eigenvalue weighted by Crippen LogP contribution is 2.32. The molecule has 0 aliphatic heterocycles. The molecule has 2 nitrogen and oxygen atoms in total. The molecule has 0 amide bonds. The van der Waals surface area contributed by atoms with Crippen molar-refractivity contribution in [1.29, 1.82) is 0 Å². The number of hydrogen-bond acceptors (Lipinski definition) is 2. The van der Waals surface area contributed by atoms with Gasteiger partial charge in [-0.05, 0) is 28.7 Å². The van der Waals surface area contributed by atoms with Crippen molar-refractivity contribution in [2.45, 2.75) is 6.42 Å². The Bertz CT molecular complexity index is 448. The third-order valence-electron chi connectivity index (χ3n) is 2.65. The highest BCUT2D eigenvalue weighted by Gasteiger charge is 2.13. The Morgan fingerprint density at radius 3 is 2.13 bits per heavy atom. The Balaban J connectivity index is 0.000000404. The van der Waals surface area contributed by atoms with Gasteiger partial charge in [-0.3, -0.25) is 0 Å². The molecule has 0 atom stereocenters. The molecule has 0 saturated heterocycles. The van der Waals surface area contributed by atoms with Crippen LogP contribution in [0.15, 0.2) is 48.5 Å². The van der Waals surface area contributed by atoms with Gasteiger partial charge in [0.15, 0.2) is 0 Å². The van der Waals surface area contributed by atoms with Crippen molar-refractivity contribution in [2.75, 3.05) is 0 Å². The summed E-state index contributed by atoms with van der Waals surface area (Å²) in [7, 11) is 0. The standard InChI is InChI=1S/C13H10.H3NO/c1-2-4-11(5-3-1)13-7-6-10-8-12(13)9-10;1-2/h1-8H,9H2;2H,1H2. The lowest BCUT2D eigenvalue weighted by molar-refractivity contribution is 0.311. The van der Waals surface area contributed by atoms with Crippen molar-refractivity contribution in [1.82, 2.24) is 0 Å². The van der Waals surface area contributed by atoms with Gasteiger partial charge in [-0.2, -0.15) is 0 Å². The molecule has 0 aromatic heterocycles. The zero-order valence-corrected chi connectivity index (χ0v) is 8.35. The molecule has 0 saturated carbocycles. The number of hydrogen-bond donors (Lipinski definition) is 2. The molecule has 0 radical (unpaired) electrons. The van der Waals surface area contributed by atoms with Gasteiger partial charge in [0.2, 0.25) is 0 Å². The Morgan fingerprint density at radius 2 is 1.60 bits per heavy atom. The van der Waals surface area contributed by atoms with E-state index in [1.54, 1.807) is 0 Å². The largest absolute Gasteiger partial charge is 0.320 e. The fraction of sp³-hybridized carbons (Fsp3) is 0.0769. The first-order valence-corrected chi connectivity index (χ1v) is 4.86. The highest BCUT2D eigenvalue weighted by atomic mass is 16.4. The molecule has 0 heterocycles. The molecule has 0 unspecified atom stereocenters. The molecule has 2 heteroatoms. The van der Waals surface area contributed by atoms with Crippen LogP contribution in [0.4, 0.5) is 0 Å². The lowest BCUT2D eigenvalue weighted by atomic mass is 9.86.